The van der Waals surface area contributed by atoms with Crippen LogP contribution >= 0.6 is 11.6 Å². The fourth-order valence-corrected chi connectivity index (χ4v) is 6.63. The van der Waals surface area contributed by atoms with Crippen LogP contribution < -0.4 is 11.5 Å². The molecule has 0 aliphatic rings. The van der Waals surface area contributed by atoms with Crippen LogP contribution in [0.4, 0.5) is 8.78 Å². The van der Waals surface area contributed by atoms with Crippen molar-refractivity contribution in [3.8, 4) is 44.8 Å². The molecule has 0 spiro atoms. The fourth-order valence-electron chi connectivity index (χ4n) is 6.45. The number of hydrogen-bond acceptors (Lipinski definition) is 4. The summed E-state index contributed by atoms with van der Waals surface area (Å²) in [5.41, 5.74) is 18.1. The third-order valence-electron chi connectivity index (χ3n) is 8.93. The Morgan fingerprint density at radius 2 is 1.04 bits per heavy atom. The highest BCUT2D eigenvalue weighted by Gasteiger charge is 2.14. The molecule has 8 aromatic rings. The van der Waals surface area contributed by atoms with Crippen LogP contribution in [-0.2, 0) is 22.7 Å². The minimum atomic E-state index is -0.463. The molecule has 0 unspecified atom stereocenters. The second-order valence-electron chi connectivity index (χ2n) is 12.9. The van der Waals surface area contributed by atoms with E-state index in [2.05, 4.69) is 16.0 Å². The van der Waals surface area contributed by atoms with Gasteiger partial charge in [0.05, 0.1) is 16.4 Å². The summed E-state index contributed by atoms with van der Waals surface area (Å²) in [6.07, 6.45) is 11.0. The first kappa shape index (κ1) is 35.7. The summed E-state index contributed by atoms with van der Waals surface area (Å²) < 4.78 is 30.7. The molecule has 0 atom stereocenters. The Morgan fingerprint density at radius 1 is 0.593 bits per heavy atom. The lowest BCUT2D eigenvalue weighted by Gasteiger charge is -2.10. The lowest BCUT2D eigenvalue weighted by Crippen LogP contribution is -2.17. The van der Waals surface area contributed by atoms with E-state index in [1.54, 1.807) is 46.7 Å². The average molecular weight is 739 g/mol. The maximum atomic E-state index is 13.6. The second-order valence-corrected chi connectivity index (χ2v) is 13.3. The smallest absolute Gasteiger partial charge is 0.237 e. The van der Waals surface area contributed by atoms with E-state index in [-0.39, 0.29) is 29.8 Å². The van der Waals surface area contributed by atoms with Crippen molar-refractivity contribution in [3.63, 3.8) is 0 Å². The number of aryl methyl sites for hydroxylation is 1. The second kappa shape index (κ2) is 15.1. The maximum Gasteiger partial charge on any atom is 0.237 e. The number of benzene rings is 4. The summed E-state index contributed by atoms with van der Waals surface area (Å²) in [5, 5.41) is 4.10. The van der Waals surface area contributed by atoms with E-state index in [9.17, 15) is 18.4 Å². The summed E-state index contributed by atoms with van der Waals surface area (Å²) in [6, 6.07) is 29.4. The number of nitrogens with zero attached hydrogens (tertiary/aromatic N) is 4. The molecule has 0 radical (unpaired) electrons. The van der Waals surface area contributed by atoms with Gasteiger partial charge in [-0.25, -0.2) is 8.78 Å². The Balaban J connectivity index is 0.000000167. The third-order valence-corrected chi connectivity index (χ3v) is 9.22. The molecule has 268 valence electrons. The zero-order valence-electron chi connectivity index (χ0n) is 29.0. The average Bonchev–Trinajstić information content (AvgIpc) is 3.75. The molecule has 4 aromatic heterocycles. The third kappa shape index (κ3) is 7.74. The maximum absolute atomic E-state index is 13.6. The molecule has 0 aliphatic carbocycles. The molecule has 0 saturated carbocycles. The van der Waals surface area contributed by atoms with E-state index < -0.39 is 11.7 Å². The molecule has 8 rings (SSSR count). The van der Waals surface area contributed by atoms with Gasteiger partial charge in [0.15, 0.2) is 0 Å². The molecule has 0 bridgehead atoms. The number of hydrogen-bond donors (Lipinski definition) is 2. The highest BCUT2D eigenvalue weighted by atomic mass is 35.5. The SMILES string of the molecule is Cc1cc(-c2ncccc2-c2ccc3cn(CC(N)=O)cc3c2)ccc1F.NC(=O)Cn1cc2ccc(-c3cccnc3-c3ccc(F)c(Cl)c3)cc2c1. The molecule has 2 amide bonds. The Morgan fingerprint density at radius 3 is 1.50 bits per heavy atom. The van der Waals surface area contributed by atoms with Crippen LogP contribution in [-0.4, -0.2) is 30.9 Å². The van der Waals surface area contributed by atoms with Crippen LogP contribution in [0.5, 0.6) is 0 Å². The number of aromatic nitrogens is 4. The number of amides is 2. The van der Waals surface area contributed by atoms with E-state index >= 15 is 0 Å². The minimum absolute atomic E-state index is 0.0584. The first-order chi connectivity index (χ1) is 26.0. The van der Waals surface area contributed by atoms with Gasteiger partial charge in [-0.3, -0.25) is 19.6 Å². The van der Waals surface area contributed by atoms with Gasteiger partial charge in [0, 0.05) is 59.4 Å². The van der Waals surface area contributed by atoms with Gasteiger partial charge in [-0.15, -0.1) is 0 Å². The molecule has 8 nitrogen and oxygen atoms in total. The number of fused-ring (bicyclic) bond motifs is 2. The van der Waals surface area contributed by atoms with Crippen LogP contribution in [0.15, 0.2) is 134 Å². The van der Waals surface area contributed by atoms with Gasteiger partial charge in [0.1, 0.15) is 24.7 Å². The van der Waals surface area contributed by atoms with Crippen molar-refractivity contribution in [3.05, 3.63) is 156 Å². The number of carbonyl (C=O) groups excluding carboxylic acids is 2. The van der Waals surface area contributed by atoms with E-state index in [4.69, 9.17) is 23.1 Å². The lowest BCUT2D eigenvalue weighted by atomic mass is 9.97. The minimum Gasteiger partial charge on any atom is -0.368 e. The first-order valence-corrected chi connectivity index (χ1v) is 17.3. The molecular formula is C43H33ClF2N6O2. The number of halogens is 3. The molecule has 0 saturated heterocycles. The van der Waals surface area contributed by atoms with Crippen molar-refractivity contribution in [1.29, 1.82) is 0 Å². The predicted octanol–water partition coefficient (Wildman–Crippen LogP) is 8.95. The first-order valence-electron chi connectivity index (χ1n) is 16.9. The highest BCUT2D eigenvalue weighted by Crippen LogP contribution is 2.35. The van der Waals surface area contributed by atoms with Crippen LogP contribution in [0.25, 0.3) is 66.3 Å². The molecule has 0 aliphatic heterocycles. The van der Waals surface area contributed by atoms with Gasteiger partial charge < -0.3 is 20.6 Å². The number of nitrogens with two attached hydrogens (primary N) is 2. The van der Waals surface area contributed by atoms with E-state index in [0.29, 0.717) is 5.56 Å². The topological polar surface area (TPSA) is 122 Å². The Hall–Kier alpha value is -6.65. The van der Waals surface area contributed by atoms with Gasteiger partial charge in [-0.2, -0.15) is 0 Å². The fraction of sp³-hybridized carbons (Fsp3) is 0.0698. The van der Waals surface area contributed by atoms with Crippen molar-refractivity contribution in [1.82, 2.24) is 19.1 Å². The standard InChI is InChI=1S/C22H18FN3O.C21H15ClFN3O/c1-14-9-16(6-7-20(14)23)22-19(3-2-8-25-22)15-4-5-17-11-26(13-21(24)27)12-18(17)10-15;22-18-9-14(5-6-19(18)23)21-17(2-1-7-25-21)13-3-4-15-10-26(12-20(24)27)11-16(15)8-13/h2-12H,13H2,1H3,(H2,24,27);1-11H,12H2,(H2,24,27). The van der Waals surface area contributed by atoms with Crippen molar-refractivity contribution >= 4 is 45.0 Å². The Bertz CT molecular complexity index is 2520. The van der Waals surface area contributed by atoms with Gasteiger partial charge in [0.2, 0.25) is 11.8 Å². The van der Waals surface area contributed by atoms with Gasteiger partial charge in [-0.05, 0) is 106 Å². The van der Waals surface area contributed by atoms with Crippen molar-refractivity contribution in [2.24, 2.45) is 11.5 Å². The number of primary amides is 2. The number of rotatable bonds is 8. The van der Waals surface area contributed by atoms with Crippen molar-refractivity contribution in [2.45, 2.75) is 20.0 Å². The van der Waals surface area contributed by atoms with Crippen LogP contribution in [0, 0.1) is 18.6 Å². The Labute approximate surface area is 314 Å². The van der Waals surface area contributed by atoms with E-state index in [0.717, 1.165) is 66.3 Å². The zero-order valence-corrected chi connectivity index (χ0v) is 29.8. The predicted molar refractivity (Wildman–Crippen MR) is 209 cm³/mol. The van der Waals surface area contributed by atoms with Gasteiger partial charge in [0.25, 0.3) is 0 Å². The summed E-state index contributed by atoms with van der Waals surface area (Å²) in [7, 11) is 0. The molecule has 0 fully saturated rings. The molecular weight excluding hydrogens is 706 g/mol. The quantitative estimate of drug-likeness (QED) is 0.162. The van der Waals surface area contributed by atoms with Crippen LogP contribution in [0.1, 0.15) is 5.56 Å². The zero-order chi connectivity index (χ0) is 37.9. The number of carbonyl (C=O) groups is 2. The number of pyridine rings is 2. The molecule has 4 aromatic carbocycles. The van der Waals surface area contributed by atoms with Gasteiger partial charge >= 0.3 is 0 Å². The lowest BCUT2D eigenvalue weighted by molar-refractivity contribution is -0.119. The largest absolute Gasteiger partial charge is 0.368 e. The summed E-state index contributed by atoms with van der Waals surface area (Å²) >= 11 is 5.94. The molecule has 11 heteroatoms. The monoisotopic (exact) mass is 738 g/mol. The van der Waals surface area contributed by atoms with E-state index in [1.165, 1.54) is 12.1 Å². The molecule has 54 heavy (non-hydrogen) atoms. The highest BCUT2D eigenvalue weighted by molar-refractivity contribution is 6.31. The van der Waals surface area contributed by atoms with Crippen molar-refractivity contribution < 1.29 is 18.4 Å². The van der Waals surface area contributed by atoms with Crippen molar-refractivity contribution in [2.75, 3.05) is 0 Å². The van der Waals surface area contributed by atoms with E-state index in [1.807, 2.05) is 85.5 Å². The summed E-state index contributed by atoms with van der Waals surface area (Å²) in [5.74, 6) is -1.46. The normalized spacial score (nSPS) is 11.0. The molecule has 4 heterocycles. The van der Waals surface area contributed by atoms with Crippen LogP contribution in [0.3, 0.4) is 0 Å². The Kier molecular flexibility index (Phi) is 10.0. The molecule has 4 N–H and O–H groups in total. The van der Waals surface area contributed by atoms with Gasteiger partial charge in [-0.1, -0.05) is 48.0 Å². The summed E-state index contributed by atoms with van der Waals surface area (Å²) in [4.78, 5) is 31.3. The van der Waals surface area contributed by atoms with Crippen LogP contribution in [0.2, 0.25) is 5.02 Å². The summed E-state index contributed by atoms with van der Waals surface area (Å²) in [6.45, 7) is 2.03.